The van der Waals surface area contributed by atoms with Gasteiger partial charge in [-0.25, -0.2) is 0 Å². The Labute approximate surface area is 127 Å². The van der Waals surface area contributed by atoms with Crippen LogP contribution >= 0.6 is 15.9 Å². The molecule has 20 heavy (non-hydrogen) atoms. The number of benzene rings is 1. The van der Waals surface area contributed by atoms with Gasteiger partial charge in [-0.1, -0.05) is 29.3 Å². The van der Waals surface area contributed by atoms with Crippen molar-refractivity contribution < 1.29 is 0 Å². The van der Waals surface area contributed by atoms with Crippen molar-refractivity contribution in [1.82, 2.24) is 15.2 Å². The van der Waals surface area contributed by atoms with Gasteiger partial charge in [0.15, 0.2) is 5.82 Å². The number of hydrogen-bond donors (Lipinski definition) is 2. The molecular formula is C14H18BrN5. The maximum absolute atomic E-state index is 4.40. The number of nitrogens with one attached hydrogen (secondary N) is 2. The maximum atomic E-state index is 4.40. The second-order valence-corrected chi connectivity index (χ2v) is 5.45. The van der Waals surface area contributed by atoms with Crippen molar-refractivity contribution in [2.45, 2.75) is 26.7 Å². The number of hydrogen-bond acceptors (Lipinski definition) is 5. The van der Waals surface area contributed by atoms with Gasteiger partial charge in [0.05, 0.1) is 6.20 Å². The zero-order valence-corrected chi connectivity index (χ0v) is 13.2. The first-order chi connectivity index (χ1) is 9.69. The Morgan fingerprint density at radius 2 is 2.15 bits per heavy atom. The molecule has 0 radical (unpaired) electrons. The smallest absolute Gasteiger partial charge is 0.244 e. The fourth-order valence-electron chi connectivity index (χ4n) is 1.72. The van der Waals surface area contributed by atoms with Gasteiger partial charge in [-0.05, 0) is 37.1 Å². The fourth-order valence-corrected chi connectivity index (χ4v) is 2.20. The predicted octanol–water partition coefficient (Wildman–Crippen LogP) is 3.90. The number of anilines is 3. The molecule has 1 heterocycles. The first kappa shape index (κ1) is 14.7. The van der Waals surface area contributed by atoms with Gasteiger partial charge in [0, 0.05) is 16.7 Å². The van der Waals surface area contributed by atoms with Crippen LogP contribution in [0.15, 0.2) is 28.9 Å². The molecule has 1 aromatic heterocycles. The maximum Gasteiger partial charge on any atom is 0.244 e. The molecule has 0 saturated heterocycles. The van der Waals surface area contributed by atoms with Crippen molar-refractivity contribution in [1.29, 1.82) is 0 Å². The summed E-state index contributed by atoms with van der Waals surface area (Å²) in [6, 6.07) is 6.05. The van der Waals surface area contributed by atoms with Crippen molar-refractivity contribution in [3.8, 4) is 0 Å². The molecule has 1 aromatic carbocycles. The van der Waals surface area contributed by atoms with E-state index >= 15 is 0 Å². The van der Waals surface area contributed by atoms with Gasteiger partial charge in [0.25, 0.3) is 0 Å². The van der Waals surface area contributed by atoms with E-state index in [0.717, 1.165) is 35.1 Å². The van der Waals surface area contributed by atoms with E-state index in [-0.39, 0.29) is 0 Å². The Morgan fingerprint density at radius 3 is 2.90 bits per heavy atom. The average Bonchev–Trinajstić information content (AvgIpc) is 2.43. The number of halogens is 1. The second kappa shape index (κ2) is 7.19. The number of aromatic nitrogens is 3. The molecule has 2 aromatic rings. The van der Waals surface area contributed by atoms with Crippen LogP contribution in [0.5, 0.6) is 0 Å². The summed E-state index contributed by atoms with van der Waals surface area (Å²) in [4.78, 5) is 4.40. The third-order valence-electron chi connectivity index (χ3n) is 2.82. The fraction of sp³-hybridized carbons (Fsp3) is 0.357. The Bertz CT molecular complexity index is 573. The lowest BCUT2D eigenvalue weighted by Gasteiger charge is -2.10. The normalized spacial score (nSPS) is 10.3. The van der Waals surface area contributed by atoms with E-state index in [9.17, 15) is 0 Å². The van der Waals surface area contributed by atoms with Crippen LogP contribution in [0.2, 0.25) is 0 Å². The number of rotatable bonds is 6. The number of unbranched alkanes of at least 4 members (excludes halogenated alkanes) is 1. The topological polar surface area (TPSA) is 62.7 Å². The van der Waals surface area contributed by atoms with Gasteiger partial charge >= 0.3 is 0 Å². The van der Waals surface area contributed by atoms with E-state index < -0.39 is 0 Å². The molecule has 5 nitrogen and oxygen atoms in total. The third-order valence-corrected chi connectivity index (χ3v) is 3.32. The summed E-state index contributed by atoms with van der Waals surface area (Å²) >= 11 is 3.45. The monoisotopic (exact) mass is 335 g/mol. The lowest BCUT2D eigenvalue weighted by atomic mass is 10.2. The molecule has 2 N–H and O–H groups in total. The summed E-state index contributed by atoms with van der Waals surface area (Å²) in [5.74, 6) is 1.24. The van der Waals surface area contributed by atoms with Gasteiger partial charge in [0.1, 0.15) is 0 Å². The van der Waals surface area contributed by atoms with Crippen molar-refractivity contribution in [2.24, 2.45) is 0 Å². The van der Waals surface area contributed by atoms with Crippen LogP contribution in [0.4, 0.5) is 17.5 Å². The Kier molecular flexibility index (Phi) is 5.29. The summed E-state index contributed by atoms with van der Waals surface area (Å²) in [5.41, 5.74) is 2.15. The molecule has 106 valence electrons. The molecular weight excluding hydrogens is 318 g/mol. The minimum Gasteiger partial charge on any atom is -0.353 e. The van der Waals surface area contributed by atoms with Crippen LogP contribution in [-0.2, 0) is 0 Å². The minimum atomic E-state index is 0.554. The molecule has 0 aliphatic carbocycles. The highest BCUT2D eigenvalue weighted by atomic mass is 79.9. The zero-order chi connectivity index (χ0) is 14.4. The molecule has 0 amide bonds. The molecule has 0 saturated carbocycles. The van der Waals surface area contributed by atoms with E-state index in [2.05, 4.69) is 54.7 Å². The van der Waals surface area contributed by atoms with Crippen LogP contribution in [-0.4, -0.2) is 21.7 Å². The summed E-state index contributed by atoms with van der Waals surface area (Å²) < 4.78 is 1.06. The summed E-state index contributed by atoms with van der Waals surface area (Å²) in [6.07, 6.45) is 3.84. The standard InChI is InChI=1S/C14H18BrN5/c1-3-4-7-16-14-19-13(9-17-20-14)18-12-6-5-11(15)8-10(12)2/h5-6,8-9H,3-4,7H2,1-2H3,(H2,16,18,19,20). The molecule has 6 heteroatoms. The van der Waals surface area contributed by atoms with Crippen LogP contribution in [0.3, 0.4) is 0 Å². The zero-order valence-electron chi connectivity index (χ0n) is 11.7. The quantitative estimate of drug-likeness (QED) is 0.784. The van der Waals surface area contributed by atoms with E-state index in [4.69, 9.17) is 0 Å². The van der Waals surface area contributed by atoms with Gasteiger partial charge in [-0.3, -0.25) is 0 Å². The molecule has 0 aliphatic rings. The average molecular weight is 336 g/mol. The van der Waals surface area contributed by atoms with Crippen LogP contribution in [0.25, 0.3) is 0 Å². The largest absolute Gasteiger partial charge is 0.353 e. The highest BCUT2D eigenvalue weighted by Gasteiger charge is 2.03. The first-order valence-electron chi connectivity index (χ1n) is 6.66. The lowest BCUT2D eigenvalue weighted by molar-refractivity contribution is 0.819. The van der Waals surface area contributed by atoms with Gasteiger partial charge in [-0.2, -0.15) is 10.1 Å². The predicted molar refractivity (Wildman–Crippen MR) is 85.4 cm³/mol. The van der Waals surface area contributed by atoms with Crippen molar-refractivity contribution in [2.75, 3.05) is 17.2 Å². The molecule has 2 rings (SSSR count). The van der Waals surface area contributed by atoms with Crippen molar-refractivity contribution >= 4 is 33.4 Å². The van der Waals surface area contributed by atoms with Gasteiger partial charge < -0.3 is 10.6 Å². The molecule has 0 unspecified atom stereocenters. The first-order valence-corrected chi connectivity index (χ1v) is 7.45. The van der Waals surface area contributed by atoms with Crippen LogP contribution < -0.4 is 10.6 Å². The van der Waals surface area contributed by atoms with Crippen molar-refractivity contribution in [3.63, 3.8) is 0 Å². The molecule has 0 aliphatic heterocycles. The summed E-state index contributed by atoms with van der Waals surface area (Å²) in [7, 11) is 0. The number of aryl methyl sites for hydroxylation is 1. The van der Waals surface area contributed by atoms with Crippen LogP contribution in [0.1, 0.15) is 25.3 Å². The molecule has 0 spiro atoms. The third kappa shape index (κ3) is 4.16. The van der Waals surface area contributed by atoms with Gasteiger partial charge in [-0.15, -0.1) is 5.10 Å². The molecule has 0 fully saturated rings. The van der Waals surface area contributed by atoms with Gasteiger partial charge in [0.2, 0.25) is 5.95 Å². The highest BCUT2D eigenvalue weighted by Crippen LogP contribution is 2.22. The van der Waals surface area contributed by atoms with E-state index in [1.165, 1.54) is 0 Å². The Balaban J connectivity index is 2.07. The van der Waals surface area contributed by atoms with E-state index in [0.29, 0.717) is 11.8 Å². The summed E-state index contributed by atoms with van der Waals surface area (Å²) in [5, 5.41) is 14.3. The van der Waals surface area contributed by atoms with E-state index in [1.54, 1.807) is 6.20 Å². The lowest BCUT2D eigenvalue weighted by Crippen LogP contribution is -2.07. The molecule has 0 bridgehead atoms. The van der Waals surface area contributed by atoms with Crippen LogP contribution in [0, 0.1) is 6.92 Å². The summed E-state index contributed by atoms with van der Waals surface area (Å²) in [6.45, 7) is 5.05. The second-order valence-electron chi connectivity index (χ2n) is 4.53. The Hall–Kier alpha value is -1.69. The minimum absolute atomic E-state index is 0.554. The Morgan fingerprint density at radius 1 is 1.30 bits per heavy atom. The molecule has 0 atom stereocenters. The van der Waals surface area contributed by atoms with E-state index in [1.807, 2.05) is 19.1 Å². The highest BCUT2D eigenvalue weighted by molar-refractivity contribution is 9.10. The number of nitrogens with zero attached hydrogens (tertiary/aromatic N) is 3. The van der Waals surface area contributed by atoms with Crippen molar-refractivity contribution in [3.05, 3.63) is 34.4 Å². The SMILES string of the molecule is CCCCNc1nncc(Nc2ccc(Br)cc2C)n1.